The molecular weight excluding hydrogens is 248 g/mol. The van der Waals surface area contributed by atoms with Crippen molar-refractivity contribution in [3.63, 3.8) is 0 Å². The van der Waals surface area contributed by atoms with Gasteiger partial charge in [-0.25, -0.2) is 0 Å². The van der Waals surface area contributed by atoms with E-state index in [1.807, 2.05) is 12.1 Å². The minimum atomic E-state index is 0.171. The standard InChI is InChI=1S/C17H24N2O/c1-3-11-20-16-9-7-14(8-10-16)13(2)19-17-6-4-5-15(17)12-18/h7-10,13,15,17,19H,3-6,11H2,1-2H3. The third-order valence-electron chi connectivity index (χ3n) is 4.00. The lowest BCUT2D eigenvalue weighted by Crippen LogP contribution is -2.33. The SMILES string of the molecule is CCCOc1ccc(C(C)NC2CCCC2C#N)cc1. The van der Waals surface area contributed by atoms with Crippen molar-refractivity contribution in [2.75, 3.05) is 6.61 Å². The van der Waals surface area contributed by atoms with E-state index in [1.54, 1.807) is 0 Å². The Bertz CT molecular complexity index is 449. The molecule has 1 saturated carbocycles. The normalized spacial score (nSPS) is 23.2. The highest BCUT2D eigenvalue weighted by Crippen LogP contribution is 2.27. The van der Waals surface area contributed by atoms with Crippen molar-refractivity contribution in [2.45, 2.75) is 51.6 Å². The van der Waals surface area contributed by atoms with Gasteiger partial charge in [0.25, 0.3) is 0 Å². The number of nitrogens with one attached hydrogen (secondary N) is 1. The molecule has 3 heteroatoms. The molecule has 0 spiro atoms. The van der Waals surface area contributed by atoms with Crippen LogP contribution in [0.5, 0.6) is 5.75 Å². The number of nitrogens with zero attached hydrogens (tertiary/aromatic N) is 1. The maximum atomic E-state index is 9.13. The molecule has 1 aromatic carbocycles. The average molecular weight is 272 g/mol. The van der Waals surface area contributed by atoms with Crippen LogP contribution in [-0.2, 0) is 0 Å². The fourth-order valence-electron chi connectivity index (χ4n) is 2.80. The Morgan fingerprint density at radius 2 is 2.10 bits per heavy atom. The van der Waals surface area contributed by atoms with E-state index < -0.39 is 0 Å². The summed E-state index contributed by atoms with van der Waals surface area (Å²) in [6.07, 6.45) is 4.33. The molecule has 3 unspecified atom stereocenters. The van der Waals surface area contributed by atoms with Crippen LogP contribution in [0.15, 0.2) is 24.3 Å². The molecule has 3 nitrogen and oxygen atoms in total. The molecule has 0 amide bonds. The minimum Gasteiger partial charge on any atom is -0.494 e. The van der Waals surface area contributed by atoms with Crippen LogP contribution in [0.2, 0.25) is 0 Å². The summed E-state index contributed by atoms with van der Waals surface area (Å²) in [5, 5.41) is 12.7. The van der Waals surface area contributed by atoms with Crippen LogP contribution in [0.1, 0.15) is 51.1 Å². The summed E-state index contributed by atoms with van der Waals surface area (Å²) in [6, 6.07) is 11.3. The van der Waals surface area contributed by atoms with Crippen LogP contribution in [0.25, 0.3) is 0 Å². The van der Waals surface area contributed by atoms with E-state index >= 15 is 0 Å². The zero-order chi connectivity index (χ0) is 14.4. The molecule has 0 aromatic heterocycles. The van der Waals surface area contributed by atoms with E-state index in [1.165, 1.54) is 5.56 Å². The highest BCUT2D eigenvalue weighted by molar-refractivity contribution is 5.29. The molecule has 1 fully saturated rings. The molecular formula is C17H24N2O. The first kappa shape index (κ1) is 14.9. The molecule has 20 heavy (non-hydrogen) atoms. The van der Waals surface area contributed by atoms with E-state index in [9.17, 15) is 0 Å². The number of hydrogen-bond donors (Lipinski definition) is 1. The molecule has 1 N–H and O–H groups in total. The number of benzene rings is 1. The fourth-order valence-corrected chi connectivity index (χ4v) is 2.80. The van der Waals surface area contributed by atoms with E-state index in [4.69, 9.17) is 10.00 Å². The lowest BCUT2D eigenvalue weighted by atomic mass is 10.0. The molecule has 0 saturated heterocycles. The third-order valence-corrected chi connectivity index (χ3v) is 4.00. The van der Waals surface area contributed by atoms with Crippen molar-refractivity contribution in [1.82, 2.24) is 5.32 Å². The second kappa shape index (κ2) is 7.31. The summed E-state index contributed by atoms with van der Waals surface area (Å²) >= 11 is 0. The van der Waals surface area contributed by atoms with Crippen LogP contribution >= 0.6 is 0 Å². The molecule has 0 heterocycles. The molecule has 108 valence electrons. The lowest BCUT2D eigenvalue weighted by Gasteiger charge is -2.22. The van der Waals surface area contributed by atoms with Crippen LogP contribution in [0, 0.1) is 17.2 Å². The van der Waals surface area contributed by atoms with Crippen molar-refractivity contribution < 1.29 is 4.74 Å². The van der Waals surface area contributed by atoms with E-state index in [0.717, 1.165) is 38.0 Å². The van der Waals surface area contributed by atoms with Gasteiger partial charge in [0.1, 0.15) is 5.75 Å². The van der Waals surface area contributed by atoms with Crippen molar-refractivity contribution in [3.05, 3.63) is 29.8 Å². The van der Waals surface area contributed by atoms with E-state index in [2.05, 4.69) is 37.4 Å². The molecule has 1 aliphatic carbocycles. The first-order chi connectivity index (χ1) is 9.74. The van der Waals surface area contributed by atoms with Crippen molar-refractivity contribution >= 4 is 0 Å². The predicted molar refractivity (Wildman–Crippen MR) is 80.5 cm³/mol. The highest BCUT2D eigenvalue weighted by Gasteiger charge is 2.28. The monoisotopic (exact) mass is 272 g/mol. The largest absolute Gasteiger partial charge is 0.494 e. The number of nitriles is 1. The summed E-state index contributed by atoms with van der Waals surface area (Å²) in [5.74, 6) is 1.10. The Labute approximate surface area is 121 Å². The van der Waals surface area contributed by atoms with Gasteiger partial charge < -0.3 is 10.1 Å². The van der Waals surface area contributed by atoms with Gasteiger partial charge in [-0.15, -0.1) is 0 Å². The quantitative estimate of drug-likeness (QED) is 0.856. The van der Waals surface area contributed by atoms with Gasteiger partial charge in [-0.3, -0.25) is 0 Å². The van der Waals surface area contributed by atoms with Crippen molar-refractivity contribution in [1.29, 1.82) is 5.26 Å². The second-order valence-electron chi connectivity index (χ2n) is 5.58. The second-order valence-corrected chi connectivity index (χ2v) is 5.58. The molecule has 0 bridgehead atoms. The van der Waals surface area contributed by atoms with E-state index in [0.29, 0.717) is 6.04 Å². The van der Waals surface area contributed by atoms with Gasteiger partial charge in [0.15, 0.2) is 0 Å². The zero-order valence-corrected chi connectivity index (χ0v) is 12.4. The molecule has 3 atom stereocenters. The third kappa shape index (κ3) is 3.74. The van der Waals surface area contributed by atoms with Gasteiger partial charge >= 0.3 is 0 Å². The van der Waals surface area contributed by atoms with E-state index in [-0.39, 0.29) is 12.0 Å². The Balaban J connectivity index is 1.92. The first-order valence-corrected chi connectivity index (χ1v) is 7.63. The fraction of sp³-hybridized carbons (Fsp3) is 0.588. The zero-order valence-electron chi connectivity index (χ0n) is 12.4. The van der Waals surface area contributed by atoms with Gasteiger partial charge in [0.05, 0.1) is 18.6 Å². The first-order valence-electron chi connectivity index (χ1n) is 7.63. The molecule has 2 rings (SSSR count). The molecule has 1 aromatic rings. The predicted octanol–water partition coefficient (Wildman–Crippen LogP) is 3.82. The summed E-state index contributed by atoms with van der Waals surface area (Å²) < 4.78 is 5.59. The Morgan fingerprint density at radius 1 is 1.35 bits per heavy atom. The van der Waals surface area contributed by atoms with Crippen LogP contribution < -0.4 is 10.1 Å². The van der Waals surface area contributed by atoms with Crippen LogP contribution in [-0.4, -0.2) is 12.6 Å². The van der Waals surface area contributed by atoms with Crippen LogP contribution in [0.4, 0.5) is 0 Å². The Morgan fingerprint density at radius 3 is 2.75 bits per heavy atom. The Kier molecular flexibility index (Phi) is 5.43. The van der Waals surface area contributed by atoms with Gasteiger partial charge in [-0.05, 0) is 43.9 Å². The number of rotatable bonds is 6. The van der Waals surface area contributed by atoms with Gasteiger partial charge in [0.2, 0.25) is 0 Å². The van der Waals surface area contributed by atoms with Gasteiger partial charge in [0, 0.05) is 12.1 Å². The lowest BCUT2D eigenvalue weighted by molar-refractivity contribution is 0.317. The van der Waals surface area contributed by atoms with Crippen molar-refractivity contribution in [2.24, 2.45) is 5.92 Å². The summed E-state index contributed by atoms with van der Waals surface area (Å²) in [6.45, 7) is 5.03. The molecule has 0 aliphatic heterocycles. The summed E-state index contributed by atoms with van der Waals surface area (Å²) in [4.78, 5) is 0. The minimum absolute atomic E-state index is 0.171. The van der Waals surface area contributed by atoms with Gasteiger partial charge in [-0.1, -0.05) is 25.5 Å². The maximum Gasteiger partial charge on any atom is 0.119 e. The molecule has 1 aliphatic rings. The summed E-state index contributed by atoms with van der Waals surface area (Å²) in [5.41, 5.74) is 1.25. The number of ether oxygens (including phenoxy) is 1. The van der Waals surface area contributed by atoms with Crippen molar-refractivity contribution in [3.8, 4) is 11.8 Å². The Hall–Kier alpha value is -1.53. The summed E-state index contributed by atoms with van der Waals surface area (Å²) in [7, 11) is 0. The molecule has 0 radical (unpaired) electrons. The number of hydrogen-bond acceptors (Lipinski definition) is 3. The van der Waals surface area contributed by atoms with Crippen LogP contribution in [0.3, 0.4) is 0 Å². The van der Waals surface area contributed by atoms with Gasteiger partial charge in [-0.2, -0.15) is 5.26 Å². The highest BCUT2D eigenvalue weighted by atomic mass is 16.5. The smallest absolute Gasteiger partial charge is 0.119 e. The maximum absolute atomic E-state index is 9.13. The topological polar surface area (TPSA) is 45.0 Å². The average Bonchev–Trinajstić information content (AvgIpc) is 2.92.